The van der Waals surface area contributed by atoms with Gasteiger partial charge in [0.2, 0.25) is 0 Å². The molecule has 0 radical (unpaired) electrons. The Morgan fingerprint density at radius 2 is 1.50 bits per heavy atom. The normalized spacial score (nSPS) is 46.3. The maximum absolute atomic E-state index is 11.8. The predicted molar refractivity (Wildman–Crippen MR) is 48.7 cm³/mol. The Morgan fingerprint density at radius 1 is 1.08 bits per heavy atom. The summed E-state index contributed by atoms with van der Waals surface area (Å²) in [5, 5.41) is 0. The highest BCUT2D eigenvalue weighted by atomic mass is 16.1. The lowest BCUT2D eigenvalue weighted by Crippen LogP contribution is -2.22. The Hall–Kier alpha value is -0.590. The number of fused-ring (bicyclic) bond motifs is 3. The van der Waals surface area contributed by atoms with E-state index in [1.54, 1.807) is 0 Å². The van der Waals surface area contributed by atoms with E-state index in [1.807, 2.05) is 0 Å². The minimum atomic E-state index is 0.267. The molecule has 4 atom stereocenters. The molecule has 0 spiro atoms. The van der Waals surface area contributed by atoms with E-state index in [9.17, 15) is 4.79 Å². The zero-order chi connectivity index (χ0) is 8.72. The van der Waals surface area contributed by atoms with Gasteiger partial charge in [-0.25, -0.2) is 0 Å². The fourth-order valence-electron chi connectivity index (χ4n) is 2.53. The van der Waals surface area contributed by atoms with Crippen LogP contribution in [0.25, 0.3) is 0 Å². The van der Waals surface area contributed by atoms with Gasteiger partial charge in [0.1, 0.15) is 5.78 Å². The average molecular weight is 164 g/mol. The molecule has 3 aliphatic carbocycles. The van der Waals surface area contributed by atoms with Crippen molar-refractivity contribution in [2.75, 3.05) is 0 Å². The van der Waals surface area contributed by atoms with Gasteiger partial charge in [0.25, 0.3) is 0 Å². The van der Waals surface area contributed by atoms with E-state index in [0.717, 1.165) is 0 Å². The van der Waals surface area contributed by atoms with E-state index in [4.69, 9.17) is 0 Å². The number of allylic oxidation sites excluding steroid dienone is 2. The Bertz CT molecular complexity index is 207. The first-order valence-corrected chi connectivity index (χ1v) is 4.92. The van der Waals surface area contributed by atoms with E-state index in [1.165, 1.54) is 12.8 Å². The van der Waals surface area contributed by atoms with Gasteiger partial charge in [-0.3, -0.25) is 4.79 Å². The van der Waals surface area contributed by atoms with Crippen molar-refractivity contribution < 1.29 is 4.79 Å². The van der Waals surface area contributed by atoms with E-state index < -0.39 is 0 Å². The summed E-state index contributed by atoms with van der Waals surface area (Å²) in [5.74, 6) is 2.09. The molecule has 0 aliphatic heterocycles. The number of carbonyl (C=O) groups excluding carboxylic acids is 1. The maximum Gasteiger partial charge on any atom is 0.139 e. The van der Waals surface area contributed by atoms with Gasteiger partial charge >= 0.3 is 0 Å². The molecule has 66 valence electrons. The van der Waals surface area contributed by atoms with Gasteiger partial charge in [-0.2, -0.15) is 0 Å². The zero-order valence-electron chi connectivity index (χ0n) is 7.79. The molecule has 1 fully saturated rings. The van der Waals surface area contributed by atoms with Crippen LogP contribution in [0.3, 0.4) is 0 Å². The van der Waals surface area contributed by atoms with Crippen molar-refractivity contribution in [3.63, 3.8) is 0 Å². The standard InChI is InChI=1S/C11H16O/c1-7-9-3-5-10(6-4-9)8(2)11(7)12/h3,5,7-10H,4,6H2,1-2H3/t7-,8-,9+,10+/m1/s1. The molecule has 3 aliphatic rings. The summed E-state index contributed by atoms with van der Waals surface area (Å²) in [6.07, 6.45) is 6.97. The molecule has 2 bridgehead atoms. The average Bonchev–Trinajstić information content (AvgIpc) is 2.27. The van der Waals surface area contributed by atoms with Crippen LogP contribution in [0.4, 0.5) is 0 Å². The van der Waals surface area contributed by atoms with Crippen LogP contribution in [-0.2, 0) is 4.79 Å². The number of hydrogen-bond donors (Lipinski definition) is 0. The van der Waals surface area contributed by atoms with Crippen molar-refractivity contribution in [1.82, 2.24) is 0 Å². The van der Waals surface area contributed by atoms with Crippen LogP contribution in [0.1, 0.15) is 26.7 Å². The molecule has 0 aromatic rings. The molecule has 0 amide bonds. The van der Waals surface area contributed by atoms with Gasteiger partial charge in [-0.05, 0) is 24.7 Å². The van der Waals surface area contributed by atoms with Crippen molar-refractivity contribution in [3.8, 4) is 0 Å². The van der Waals surface area contributed by atoms with Crippen molar-refractivity contribution in [2.45, 2.75) is 26.7 Å². The molecule has 0 aromatic carbocycles. The van der Waals surface area contributed by atoms with Crippen LogP contribution in [0, 0.1) is 23.7 Å². The molecule has 0 N–H and O–H groups in total. The van der Waals surface area contributed by atoms with Gasteiger partial charge in [0.15, 0.2) is 0 Å². The Labute approximate surface area is 73.8 Å². The number of carbonyl (C=O) groups is 1. The second-order valence-corrected chi connectivity index (χ2v) is 4.27. The van der Waals surface area contributed by atoms with Gasteiger partial charge in [-0.15, -0.1) is 0 Å². The van der Waals surface area contributed by atoms with Crippen molar-refractivity contribution in [3.05, 3.63) is 12.2 Å². The smallest absolute Gasteiger partial charge is 0.139 e. The number of ketones is 1. The van der Waals surface area contributed by atoms with Crippen LogP contribution in [0.5, 0.6) is 0 Å². The maximum atomic E-state index is 11.8. The topological polar surface area (TPSA) is 17.1 Å². The number of rotatable bonds is 0. The first-order chi connectivity index (χ1) is 5.70. The highest BCUT2D eigenvalue weighted by Crippen LogP contribution is 2.38. The highest BCUT2D eigenvalue weighted by molar-refractivity contribution is 5.84. The summed E-state index contributed by atoms with van der Waals surface area (Å²) < 4.78 is 0. The minimum absolute atomic E-state index is 0.267. The van der Waals surface area contributed by atoms with Gasteiger partial charge in [-0.1, -0.05) is 26.0 Å². The van der Waals surface area contributed by atoms with Crippen LogP contribution in [-0.4, -0.2) is 5.78 Å². The number of Topliss-reactive ketones (excluding diaryl/α,β-unsaturated/α-hetero) is 1. The van der Waals surface area contributed by atoms with E-state index in [2.05, 4.69) is 26.0 Å². The molecule has 0 heterocycles. The van der Waals surface area contributed by atoms with Crippen molar-refractivity contribution >= 4 is 5.78 Å². The summed E-state index contributed by atoms with van der Waals surface area (Å²) in [4.78, 5) is 11.8. The monoisotopic (exact) mass is 164 g/mol. The Balaban J connectivity index is 2.33. The summed E-state index contributed by atoms with van der Waals surface area (Å²) in [6.45, 7) is 4.17. The van der Waals surface area contributed by atoms with Crippen LogP contribution < -0.4 is 0 Å². The molecule has 1 saturated carbocycles. The van der Waals surface area contributed by atoms with Gasteiger partial charge in [0.05, 0.1) is 0 Å². The largest absolute Gasteiger partial charge is 0.299 e. The summed E-state index contributed by atoms with van der Waals surface area (Å²) in [5.41, 5.74) is 0. The minimum Gasteiger partial charge on any atom is -0.299 e. The van der Waals surface area contributed by atoms with Crippen LogP contribution in [0.2, 0.25) is 0 Å². The molecule has 0 unspecified atom stereocenters. The van der Waals surface area contributed by atoms with Gasteiger partial charge in [0, 0.05) is 11.8 Å². The van der Waals surface area contributed by atoms with Crippen molar-refractivity contribution in [1.29, 1.82) is 0 Å². The fraction of sp³-hybridized carbons (Fsp3) is 0.727. The first kappa shape index (κ1) is 8.03. The summed E-state index contributed by atoms with van der Waals surface area (Å²) in [6, 6.07) is 0. The van der Waals surface area contributed by atoms with E-state index >= 15 is 0 Å². The summed E-state index contributed by atoms with van der Waals surface area (Å²) in [7, 11) is 0. The number of hydrogen-bond acceptors (Lipinski definition) is 1. The molecule has 3 rings (SSSR count). The molecule has 12 heavy (non-hydrogen) atoms. The Morgan fingerprint density at radius 3 is 1.83 bits per heavy atom. The molecular formula is C11H16O. The zero-order valence-corrected chi connectivity index (χ0v) is 7.79. The predicted octanol–water partition coefficient (Wildman–Crippen LogP) is 2.42. The highest BCUT2D eigenvalue weighted by Gasteiger charge is 2.36. The molecule has 0 saturated heterocycles. The van der Waals surface area contributed by atoms with E-state index in [0.29, 0.717) is 17.6 Å². The third-order valence-corrected chi connectivity index (χ3v) is 3.62. The third kappa shape index (κ3) is 1.03. The SMILES string of the molecule is C[C@H]1C(=O)[C@H](C)[C@H]2C=C[C@H]1CC2. The second kappa shape index (κ2) is 2.72. The second-order valence-electron chi connectivity index (χ2n) is 4.27. The van der Waals surface area contributed by atoms with Gasteiger partial charge < -0.3 is 0 Å². The molecule has 1 heteroatoms. The summed E-state index contributed by atoms with van der Waals surface area (Å²) >= 11 is 0. The third-order valence-electron chi connectivity index (χ3n) is 3.62. The lowest BCUT2D eigenvalue weighted by molar-refractivity contribution is -0.126. The molecule has 1 nitrogen and oxygen atoms in total. The van der Waals surface area contributed by atoms with Crippen molar-refractivity contribution in [2.24, 2.45) is 23.7 Å². The fourth-order valence-corrected chi connectivity index (χ4v) is 2.53. The van der Waals surface area contributed by atoms with E-state index in [-0.39, 0.29) is 11.8 Å². The Kier molecular flexibility index (Phi) is 1.82. The molecular weight excluding hydrogens is 148 g/mol. The molecule has 0 aromatic heterocycles. The first-order valence-electron chi connectivity index (χ1n) is 4.92. The lowest BCUT2D eigenvalue weighted by atomic mass is 9.86. The van der Waals surface area contributed by atoms with Crippen LogP contribution in [0.15, 0.2) is 12.2 Å². The van der Waals surface area contributed by atoms with Crippen LogP contribution >= 0.6 is 0 Å². The lowest BCUT2D eigenvalue weighted by Gasteiger charge is -2.18. The quantitative estimate of drug-likeness (QED) is 0.502.